The monoisotopic (exact) mass is 152 g/mol. The molecule has 0 heterocycles. The molecule has 0 saturated carbocycles. The molecule has 0 radical (unpaired) electrons. The van der Waals surface area contributed by atoms with Crippen LogP contribution in [0.2, 0.25) is 0 Å². The summed E-state index contributed by atoms with van der Waals surface area (Å²) in [5.74, 6) is -0.0845. The fourth-order valence-electron chi connectivity index (χ4n) is 0.521. The molecule has 0 aromatic heterocycles. The van der Waals surface area contributed by atoms with E-state index >= 15 is 0 Å². The average Bonchev–Trinajstić information content (AvgIpc) is 2.03. The summed E-state index contributed by atoms with van der Waals surface area (Å²) in [4.78, 5) is 14.3. The maximum Gasteiger partial charge on any atom is 0.246 e. The van der Waals surface area contributed by atoms with Gasteiger partial charge in [-0.1, -0.05) is 6.08 Å². The van der Waals surface area contributed by atoms with Crippen LogP contribution in [-0.2, 0) is 4.79 Å². The first-order valence-electron chi connectivity index (χ1n) is 3.23. The van der Waals surface area contributed by atoms with E-state index in [0.29, 0.717) is 5.57 Å². The smallest absolute Gasteiger partial charge is 0.246 e. The van der Waals surface area contributed by atoms with E-state index in [2.05, 4.69) is 17.0 Å². The van der Waals surface area contributed by atoms with E-state index in [-0.39, 0.29) is 5.91 Å². The summed E-state index contributed by atoms with van der Waals surface area (Å²) in [5, 5.41) is 2.50. The Labute approximate surface area is 66.5 Å². The molecule has 1 amide bonds. The normalized spacial score (nSPS) is 11.6. The zero-order valence-corrected chi connectivity index (χ0v) is 6.79. The molecule has 0 aromatic rings. The maximum absolute atomic E-state index is 10.8. The third-order valence-corrected chi connectivity index (χ3v) is 1.12. The number of carbonyl (C=O) groups excluding carboxylic acids is 1. The van der Waals surface area contributed by atoms with Gasteiger partial charge in [0, 0.05) is 18.8 Å². The molecule has 0 aromatic carbocycles. The Balaban J connectivity index is 4.10. The van der Waals surface area contributed by atoms with Crippen LogP contribution in [0.25, 0.3) is 0 Å². The van der Waals surface area contributed by atoms with E-state index in [9.17, 15) is 4.79 Å². The Hall–Kier alpha value is -1.38. The fraction of sp³-hybridized carbons (Fsp3) is 0.250. The molecule has 0 atom stereocenters. The number of nitrogens with one attached hydrogen (secondary N) is 1. The lowest BCUT2D eigenvalue weighted by atomic mass is 10.2. The Morgan fingerprint density at radius 2 is 2.27 bits per heavy atom. The predicted molar refractivity (Wildman–Crippen MR) is 46.5 cm³/mol. The van der Waals surface area contributed by atoms with E-state index < -0.39 is 0 Å². The van der Waals surface area contributed by atoms with Crippen molar-refractivity contribution in [2.75, 3.05) is 7.05 Å². The second kappa shape index (κ2) is 5.41. The Bertz CT molecular complexity index is 204. The van der Waals surface area contributed by atoms with Crippen LogP contribution in [0.4, 0.5) is 0 Å². The van der Waals surface area contributed by atoms with Gasteiger partial charge in [-0.2, -0.15) is 0 Å². The number of likely N-dealkylation sites (N-methyl/N-ethyl adjacent to an activating group) is 1. The number of hydrogen-bond donors (Lipinski definition) is 1. The molecule has 1 N–H and O–H groups in total. The van der Waals surface area contributed by atoms with Gasteiger partial charge >= 0.3 is 0 Å². The molecular weight excluding hydrogens is 140 g/mol. The molecule has 0 bridgehead atoms. The first-order chi connectivity index (χ1) is 5.22. The largest absolute Gasteiger partial charge is 0.355 e. The van der Waals surface area contributed by atoms with Gasteiger partial charge in [-0.25, -0.2) is 0 Å². The zero-order valence-electron chi connectivity index (χ0n) is 6.79. The van der Waals surface area contributed by atoms with Crippen LogP contribution in [-0.4, -0.2) is 19.7 Å². The first kappa shape index (κ1) is 9.62. The molecule has 0 aliphatic heterocycles. The van der Waals surface area contributed by atoms with Gasteiger partial charge in [0.05, 0.1) is 0 Å². The molecule has 0 rings (SSSR count). The van der Waals surface area contributed by atoms with Crippen molar-refractivity contribution in [3.8, 4) is 0 Å². The molecule has 0 aliphatic carbocycles. The van der Waals surface area contributed by atoms with Crippen LogP contribution >= 0.6 is 0 Å². The lowest BCUT2D eigenvalue weighted by Crippen LogP contribution is -2.18. The SMILES string of the molecule is C=N/C=C\C=C(/C)C(=O)NC. The van der Waals surface area contributed by atoms with Gasteiger partial charge in [0.25, 0.3) is 0 Å². The second-order valence-electron chi connectivity index (χ2n) is 1.95. The highest BCUT2D eigenvalue weighted by molar-refractivity contribution is 5.92. The predicted octanol–water partition coefficient (Wildman–Crippen LogP) is 0.893. The number of rotatable bonds is 3. The van der Waals surface area contributed by atoms with Gasteiger partial charge in [-0.3, -0.25) is 9.79 Å². The van der Waals surface area contributed by atoms with E-state index in [4.69, 9.17) is 0 Å². The van der Waals surface area contributed by atoms with Gasteiger partial charge in [-0.15, -0.1) is 0 Å². The quantitative estimate of drug-likeness (QED) is 0.364. The van der Waals surface area contributed by atoms with Crippen molar-refractivity contribution in [2.24, 2.45) is 4.99 Å². The fourth-order valence-corrected chi connectivity index (χ4v) is 0.521. The first-order valence-corrected chi connectivity index (χ1v) is 3.23. The van der Waals surface area contributed by atoms with Gasteiger partial charge in [-0.05, 0) is 19.7 Å². The van der Waals surface area contributed by atoms with E-state index in [1.165, 1.54) is 6.20 Å². The average molecular weight is 152 g/mol. The summed E-state index contributed by atoms with van der Waals surface area (Å²) in [6.45, 7) is 4.98. The Morgan fingerprint density at radius 3 is 2.73 bits per heavy atom. The highest BCUT2D eigenvalue weighted by atomic mass is 16.1. The van der Waals surface area contributed by atoms with Crippen LogP contribution in [0.15, 0.2) is 28.9 Å². The van der Waals surface area contributed by atoms with Crippen LogP contribution in [0.5, 0.6) is 0 Å². The molecule has 3 heteroatoms. The zero-order chi connectivity index (χ0) is 8.69. The van der Waals surface area contributed by atoms with Crippen molar-refractivity contribution < 1.29 is 4.79 Å². The van der Waals surface area contributed by atoms with Crippen molar-refractivity contribution in [1.29, 1.82) is 0 Å². The summed E-state index contributed by atoms with van der Waals surface area (Å²) in [7, 11) is 1.59. The molecule has 0 saturated heterocycles. The lowest BCUT2D eigenvalue weighted by molar-refractivity contribution is -0.116. The Morgan fingerprint density at radius 1 is 1.64 bits per heavy atom. The second-order valence-corrected chi connectivity index (χ2v) is 1.95. The molecular formula is C8H12N2O. The molecule has 0 spiro atoms. The van der Waals surface area contributed by atoms with Gasteiger partial charge < -0.3 is 5.32 Å². The van der Waals surface area contributed by atoms with Gasteiger partial charge in [0.15, 0.2) is 0 Å². The summed E-state index contributed by atoms with van der Waals surface area (Å²) in [6, 6.07) is 0. The molecule has 0 fully saturated rings. The topological polar surface area (TPSA) is 41.5 Å². The molecule has 60 valence electrons. The molecule has 3 nitrogen and oxygen atoms in total. The maximum atomic E-state index is 10.8. The molecule has 0 aliphatic rings. The van der Waals surface area contributed by atoms with Crippen molar-refractivity contribution >= 4 is 12.6 Å². The van der Waals surface area contributed by atoms with Crippen LogP contribution in [0.3, 0.4) is 0 Å². The third-order valence-electron chi connectivity index (χ3n) is 1.12. The highest BCUT2D eigenvalue weighted by Gasteiger charge is 1.96. The number of aliphatic imine (C=N–C) groups is 1. The lowest BCUT2D eigenvalue weighted by Gasteiger charge is -1.95. The van der Waals surface area contributed by atoms with Crippen molar-refractivity contribution in [3.05, 3.63) is 23.9 Å². The van der Waals surface area contributed by atoms with Crippen LogP contribution < -0.4 is 5.32 Å². The van der Waals surface area contributed by atoms with E-state index in [1.54, 1.807) is 26.1 Å². The minimum atomic E-state index is -0.0845. The minimum Gasteiger partial charge on any atom is -0.355 e. The summed E-state index contributed by atoms with van der Waals surface area (Å²) < 4.78 is 0. The number of hydrogen-bond acceptors (Lipinski definition) is 2. The molecule has 0 unspecified atom stereocenters. The standard InChI is InChI=1S/C8H12N2O/c1-7(8(11)10-3)5-4-6-9-2/h4-6H,2H2,1,3H3,(H,10,11)/b6-4-,7-5+. The molecule has 11 heavy (non-hydrogen) atoms. The van der Waals surface area contributed by atoms with Crippen molar-refractivity contribution in [1.82, 2.24) is 5.32 Å². The van der Waals surface area contributed by atoms with Crippen LogP contribution in [0.1, 0.15) is 6.92 Å². The number of amides is 1. The number of nitrogens with zero attached hydrogens (tertiary/aromatic N) is 1. The van der Waals surface area contributed by atoms with Crippen molar-refractivity contribution in [3.63, 3.8) is 0 Å². The van der Waals surface area contributed by atoms with Crippen LogP contribution in [0, 0.1) is 0 Å². The minimum absolute atomic E-state index is 0.0845. The van der Waals surface area contributed by atoms with E-state index in [1.807, 2.05) is 0 Å². The van der Waals surface area contributed by atoms with E-state index in [0.717, 1.165) is 0 Å². The summed E-state index contributed by atoms with van der Waals surface area (Å²) in [5.41, 5.74) is 0.646. The van der Waals surface area contributed by atoms with Crippen molar-refractivity contribution in [2.45, 2.75) is 6.92 Å². The summed E-state index contributed by atoms with van der Waals surface area (Å²) in [6.07, 6.45) is 4.86. The summed E-state index contributed by atoms with van der Waals surface area (Å²) >= 11 is 0. The highest BCUT2D eigenvalue weighted by Crippen LogP contribution is 1.91. The third kappa shape index (κ3) is 4.08. The van der Waals surface area contributed by atoms with Gasteiger partial charge in [0.1, 0.15) is 0 Å². The Kier molecular flexibility index (Phi) is 4.73. The number of allylic oxidation sites excluding steroid dienone is 2. The number of carbonyl (C=O) groups is 1. The van der Waals surface area contributed by atoms with Gasteiger partial charge in [0.2, 0.25) is 5.91 Å².